The van der Waals surface area contributed by atoms with Gasteiger partial charge in [-0.15, -0.1) is 0 Å². The lowest BCUT2D eigenvalue weighted by molar-refractivity contribution is -0.145. The molecule has 1 fully saturated rings. The topological polar surface area (TPSA) is 75.4 Å². The van der Waals surface area contributed by atoms with E-state index in [0.717, 1.165) is 11.4 Å². The summed E-state index contributed by atoms with van der Waals surface area (Å²) in [6, 6.07) is 9.72. The second-order valence-electron chi connectivity index (χ2n) is 8.38. The van der Waals surface area contributed by atoms with E-state index in [9.17, 15) is 14.7 Å². The van der Waals surface area contributed by atoms with E-state index in [4.69, 9.17) is 5.10 Å². The van der Waals surface area contributed by atoms with Crippen molar-refractivity contribution in [1.82, 2.24) is 14.7 Å². The van der Waals surface area contributed by atoms with Gasteiger partial charge >= 0.3 is 5.97 Å². The molecule has 1 aromatic carbocycles. The number of piperidine rings is 1. The summed E-state index contributed by atoms with van der Waals surface area (Å²) < 4.78 is 1.75. The van der Waals surface area contributed by atoms with Crippen LogP contribution >= 0.6 is 0 Å². The number of benzene rings is 1. The molecule has 0 bridgehead atoms. The van der Waals surface area contributed by atoms with Gasteiger partial charge in [-0.3, -0.25) is 9.59 Å². The van der Waals surface area contributed by atoms with E-state index in [0.29, 0.717) is 25.1 Å². The van der Waals surface area contributed by atoms with Crippen molar-refractivity contribution in [1.29, 1.82) is 0 Å². The van der Waals surface area contributed by atoms with Crippen LogP contribution in [0.25, 0.3) is 5.69 Å². The lowest BCUT2D eigenvalue weighted by atomic mass is 9.86. The first-order valence-electron chi connectivity index (χ1n) is 9.36. The zero-order valence-corrected chi connectivity index (χ0v) is 16.3. The molecule has 0 spiro atoms. The Morgan fingerprint density at radius 3 is 2.41 bits per heavy atom. The molecular weight excluding hydrogens is 342 g/mol. The van der Waals surface area contributed by atoms with Gasteiger partial charge in [-0.2, -0.15) is 5.10 Å². The van der Waals surface area contributed by atoms with Crippen molar-refractivity contribution < 1.29 is 14.7 Å². The Morgan fingerprint density at radius 2 is 1.85 bits per heavy atom. The maximum Gasteiger partial charge on any atom is 0.306 e. The van der Waals surface area contributed by atoms with Gasteiger partial charge in [-0.25, -0.2) is 4.68 Å². The molecule has 144 valence electrons. The number of carboxylic acid groups (broad SMARTS) is 1. The Labute approximate surface area is 159 Å². The number of likely N-dealkylation sites (tertiary alicyclic amines) is 1. The van der Waals surface area contributed by atoms with Gasteiger partial charge < -0.3 is 10.0 Å². The van der Waals surface area contributed by atoms with Crippen molar-refractivity contribution >= 4 is 11.9 Å². The SMILES string of the molecule is CC1CN(C(=O)c2cn(-c3ccccc3)nc2C(C)(C)C)CCC1C(=O)O. The third-order valence-electron chi connectivity index (χ3n) is 5.19. The lowest BCUT2D eigenvalue weighted by Gasteiger charge is -2.35. The van der Waals surface area contributed by atoms with E-state index >= 15 is 0 Å². The van der Waals surface area contributed by atoms with Crippen LogP contribution in [0, 0.1) is 11.8 Å². The Morgan fingerprint density at radius 1 is 1.19 bits per heavy atom. The van der Waals surface area contributed by atoms with Crippen LogP contribution in [0.5, 0.6) is 0 Å². The maximum absolute atomic E-state index is 13.3. The summed E-state index contributed by atoms with van der Waals surface area (Å²) in [5, 5.41) is 14.0. The number of carboxylic acids is 1. The predicted molar refractivity (Wildman–Crippen MR) is 103 cm³/mol. The van der Waals surface area contributed by atoms with Crippen molar-refractivity contribution in [3.63, 3.8) is 0 Å². The highest BCUT2D eigenvalue weighted by Crippen LogP contribution is 2.29. The molecule has 2 heterocycles. The van der Waals surface area contributed by atoms with Gasteiger partial charge in [0.1, 0.15) is 0 Å². The monoisotopic (exact) mass is 369 g/mol. The summed E-state index contributed by atoms with van der Waals surface area (Å²) in [7, 11) is 0. The van der Waals surface area contributed by atoms with Crippen molar-refractivity contribution in [3.8, 4) is 5.69 Å². The van der Waals surface area contributed by atoms with Crippen LogP contribution in [0.4, 0.5) is 0 Å². The molecule has 6 nitrogen and oxygen atoms in total. The standard InChI is InChI=1S/C21H27N3O3/c1-14-12-23(11-10-16(14)20(26)27)19(25)17-13-24(15-8-6-5-7-9-15)22-18(17)21(2,3)4/h5-9,13-14,16H,10-12H2,1-4H3,(H,26,27). The van der Waals surface area contributed by atoms with Crippen molar-refractivity contribution in [2.75, 3.05) is 13.1 Å². The summed E-state index contributed by atoms with van der Waals surface area (Å²) in [6.07, 6.45) is 2.28. The van der Waals surface area contributed by atoms with Crippen LogP contribution in [0.2, 0.25) is 0 Å². The first kappa shape index (κ1) is 19.1. The molecule has 1 N–H and O–H groups in total. The Hall–Kier alpha value is -2.63. The molecule has 0 aliphatic carbocycles. The molecule has 0 saturated carbocycles. The normalized spacial score (nSPS) is 20.5. The number of rotatable bonds is 3. The second kappa shape index (κ2) is 7.18. The van der Waals surface area contributed by atoms with Crippen LogP contribution < -0.4 is 0 Å². The van der Waals surface area contributed by atoms with Gasteiger partial charge in [-0.05, 0) is 24.5 Å². The van der Waals surface area contributed by atoms with Crippen LogP contribution in [-0.4, -0.2) is 44.8 Å². The van der Waals surface area contributed by atoms with Crippen LogP contribution in [-0.2, 0) is 10.2 Å². The van der Waals surface area contributed by atoms with Gasteiger partial charge in [0.05, 0.1) is 22.9 Å². The fourth-order valence-electron chi connectivity index (χ4n) is 3.66. The number of aromatic nitrogens is 2. The van der Waals surface area contributed by atoms with E-state index in [1.165, 1.54) is 0 Å². The van der Waals surface area contributed by atoms with E-state index in [-0.39, 0.29) is 23.2 Å². The number of aliphatic carboxylic acids is 1. The number of hydrogen-bond donors (Lipinski definition) is 1. The Bertz CT molecular complexity index is 836. The molecule has 27 heavy (non-hydrogen) atoms. The Balaban J connectivity index is 1.92. The molecule has 2 atom stereocenters. The lowest BCUT2D eigenvalue weighted by Crippen LogP contribution is -2.45. The predicted octanol–water partition coefficient (Wildman–Crippen LogP) is 3.35. The first-order valence-corrected chi connectivity index (χ1v) is 9.36. The third kappa shape index (κ3) is 3.89. The van der Waals surface area contributed by atoms with E-state index in [1.54, 1.807) is 15.8 Å². The van der Waals surface area contributed by atoms with Gasteiger partial charge in [0, 0.05) is 24.7 Å². The molecule has 1 amide bonds. The Kier molecular flexibility index (Phi) is 5.09. The molecule has 1 aliphatic heterocycles. The highest BCUT2D eigenvalue weighted by atomic mass is 16.4. The van der Waals surface area contributed by atoms with E-state index < -0.39 is 5.97 Å². The zero-order chi connectivity index (χ0) is 19.8. The van der Waals surface area contributed by atoms with Gasteiger partial charge in [0.25, 0.3) is 5.91 Å². The fraction of sp³-hybridized carbons (Fsp3) is 0.476. The molecule has 3 rings (SSSR count). The van der Waals surface area contributed by atoms with Crippen molar-refractivity contribution in [3.05, 3.63) is 47.8 Å². The quantitative estimate of drug-likeness (QED) is 0.900. The van der Waals surface area contributed by atoms with Gasteiger partial charge in [0.15, 0.2) is 0 Å². The number of carbonyl (C=O) groups excluding carboxylic acids is 1. The minimum atomic E-state index is -0.776. The fourth-order valence-corrected chi connectivity index (χ4v) is 3.66. The number of para-hydroxylation sites is 1. The van der Waals surface area contributed by atoms with Crippen LogP contribution in [0.1, 0.15) is 50.2 Å². The molecule has 1 aliphatic rings. The summed E-state index contributed by atoms with van der Waals surface area (Å²) in [5.41, 5.74) is 1.97. The number of carbonyl (C=O) groups is 2. The second-order valence-corrected chi connectivity index (χ2v) is 8.38. The van der Waals surface area contributed by atoms with Crippen LogP contribution in [0.15, 0.2) is 36.5 Å². The number of amides is 1. The zero-order valence-electron chi connectivity index (χ0n) is 16.3. The van der Waals surface area contributed by atoms with E-state index in [2.05, 4.69) is 0 Å². The van der Waals surface area contributed by atoms with Gasteiger partial charge in [0.2, 0.25) is 0 Å². The molecule has 6 heteroatoms. The van der Waals surface area contributed by atoms with Crippen molar-refractivity contribution in [2.45, 2.75) is 39.5 Å². The molecule has 2 unspecified atom stereocenters. The molecule has 2 aromatic rings. The molecule has 1 aromatic heterocycles. The number of hydrogen-bond acceptors (Lipinski definition) is 3. The smallest absolute Gasteiger partial charge is 0.306 e. The third-order valence-corrected chi connectivity index (χ3v) is 5.19. The summed E-state index contributed by atoms with van der Waals surface area (Å²) in [6.45, 7) is 8.94. The molecule has 1 saturated heterocycles. The minimum Gasteiger partial charge on any atom is -0.481 e. The van der Waals surface area contributed by atoms with Crippen LogP contribution in [0.3, 0.4) is 0 Å². The highest BCUT2D eigenvalue weighted by molar-refractivity contribution is 5.95. The summed E-state index contributed by atoms with van der Waals surface area (Å²) in [4.78, 5) is 26.4. The summed E-state index contributed by atoms with van der Waals surface area (Å²) >= 11 is 0. The number of nitrogens with zero attached hydrogens (tertiary/aromatic N) is 3. The molecule has 0 radical (unpaired) electrons. The van der Waals surface area contributed by atoms with E-state index in [1.807, 2.05) is 58.0 Å². The van der Waals surface area contributed by atoms with Gasteiger partial charge in [-0.1, -0.05) is 45.9 Å². The maximum atomic E-state index is 13.3. The highest BCUT2D eigenvalue weighted by Gasteiger charge is 2.35. The average Bonchev–Trinajstić information content (AvgIpc) is 3.07. The summed E-state index contributed by atoms with van der Waals surface area (Å²) in [5.74, 6) is -1.30. The minimum absolute atomic E-state index is 0.0672. The first-order chi connectivity index (χ1) is 12.7. The molecular formula is C21H27N3O3. The van der Waals surface area contributed by atoms with Crippen molar-refractivity contribution in [2.24, 2.45) is 11.8 Å². The largest absolute Gasteiger partial charge is 0.481 e. The average molecular weight is 369 g/mol.